The van der Waals surface area contributed by atoms with Gasteiger partial charge in [-0.05, 0) is 60.9 Å². The lowest BCUT2D eigenvalue weighted by atomic mass is 10.1. The Morgan fingerprint density at radius 2 is 1.56 bits per heavy atom. The quantitative estimate of drug-likeness (QED) is 0.652. The Morgan fingerprint density at radius 1 is 0.960 bits per heavy atom. The van der Waals surface area contributed by atoms with E-state index in [1.807, 2.05) is 19.9 Å². The third-order valence-electron chi connectivity index (χ3n) is 3.77. The Bertz CT molecular complexity index is 893. The second-order valence-corrected chi connectivity index (χ2v) is 5.90. The van der Waals surface area contributed by atoms with Crippen LogP contribution in [0.4, 0.5) is 10.5 Å². The van der Waals surface area contributed by atoms with E-state index in [2.05, 4.69) is 5.32 Å². The smallest absolute Gasteiger partial charge is 0.335 e. The second kappa shape index (κ2) is 6.24. The zero-order valence-corrected chi connectivity index (χ0v) is 13.7. The molecule has 126 valence electrons. The number of nitrogens with zero attached hydrogens (tertiary/aromatic N) is 1. The molecule has 1 saturated heterocycles. The van der Waals surface area contributed by atoms with Crippen LogP contribution in [0.15, 0.2) is 48.0 Å². The van der Waals surface area contributed by atoms with Gasteiger partial charge in [0.2, 0.25) is 0 Å². The summed E-state index contributed by atoms with van der Waals surface area (Å²) >= 11 is 0. The standard InChI is InChI=1S/C19H16N2O4/c1-11-7-12(2)9-14(8-11)21-18(24)16(17(23)20-19(21)25)10-13-3-5-15(22)6-4-13/h3-10,22H,1-2H3,(H,20,23,25)/b16-10-. The lowest BCUT2D eigenvalue weighted by Gasteiger charge is -2.27. The van der Waals surface area contributed by atoms with Crippen molar-refractivity contribution < 1.29 is 19.5 Å². The van der Waals surface area contributed by atoms with Crippen LogP contribution in [-0.2, 0) is 9.59 Å². The molecule has 2 aromatic rings. The Balaban J connectivity index is 2.03. The molecule has 0 bridgehead atoms. The van der Waals surface area contributed by atoms with E-state index in [0.29, 0.717) is 11.3 Å². The minimum absolute atomic E-state index is 0.0774. The number of carbonyl (C=O) groups is 3. The van der Waals surface area contributed by atoms with Crippen LogP contribution in [0.5, 0.6) is 5.75 Å². The van der Waals surface area contributed by atoms with Crippen LogP contribution in [0.3, 0.4) is 0 Å². The summed E-state index contributed by atoms with van der Waals surface area (Å²) < 4.78 is 0. The van der Waals surface area contributed by atoms with Gasteiger partial charge in [-0.2, -0.15) is 0 Å². The zero-order chi connectivity index (χ0) is 18.1. The zero-order valence-electron chi connectivity index (χ0n) is 13.7. The van der Waals surface area contributed by atoms with E-state index in [1.54, 1.807) is 24.3 Å². The number of hydrogen-bond acceptors (Lipinski definition) is 4. The number of aromatic hydroxyl groups is 1. The summed E-state index contributed by atoms with van der Waals surface area (Å²) in [5.74, 6) is -1.36. The number of anilines is 1. The fourth-order valence-corrected chi connectivity index (χ4v) is 2.71. The molecule has 0 saturated carbocycles. The Hall–Kier alpha value is -3.41. The number of phenols is 1. The molecular weight excluding hydrogens is 320 g/mol. The highest BCUT2D eigenvalue weighted by Gasteiger charge is 2.36. The van der Waals surface area contributed by atoms with E-state index < -0.39 is 17.8 Å². The Morgan fingerprint density at radius 3 is 2.16 bits per heavy atom. The molecule has 0 aromatic heterocycles. The molecule has 1 aliphatic heterocycles. The van der Waals surface area contributed by atoms with Gasteiger partial charge in [-0.1, -0.05) is 18.2 Å². The SMILES string of the molecule is Cc1cc(C)cc(N2C(=O)NC(=O)/C(=C/c3ccc(O)cc3)C2=O)c1. The number of nitrogens with one attached hydrogen (secondary N) is 1. The Kier molecular flexibility index (Phi) is 4.10. The van der Waals surface area contributed by atoms with Crippen molar-refractivity contribution in [2.45, 2.75) is 13.8 Å². The van der Waals surface area contributed by atoms with Crippen LogP contribution in [0.1, 0.15) is 16.7 Å². The molecule has 6 heteroatoms. The predicted octanol–water partition coefficient (Wildman–Crippen LogP) is 2.68. The third-order valence-corrected chi connectivity index (χ3v) is 3.77. The number of barbiturate groups is 1. The van der Waals surface area contributed by atoms with Crippen LogP contribution in [0.2, 0.25) is 0 Å². The largest absolute Gasteiger partial charge is 0.508 e. The van der Waals surface area contributed by atoms with Crippen molar-refractivity contribution in [3.8, 4) is 5.75 Å². The van der Waals surface area contributed by atoms with Gasteiger partial charge < -0.3 is 5.11 Å². The molecule has 0 spiro atoms. The molecule has 0 atom stereocenters. The summed E-state index contributed by atoms with van der Waals surface area (Å²) in [7, 11) is 0. The minimum atomic E-state index is -0.775. The molecule has 1 heterocycles. The fraction of sp³-hybridized carbons (Fsp3) is 0.105. The summed E-state index contributed by atoms with van der Waals surface area (Å²) in [6.07, 6.45) is 1.39. The second-order valence-electron chi connectivity index (χ2n) is 5.90. The number of phenolic OH excluding ortho intramolecular Hbond substituents is 1. The average Bonchev–Trinajstić information content (AvgIpc) is 2.52. The van der Waals surface area contributed by atoms with Crippen molar-refractivity contribution in [1.82, 2.24) is 5.32 Å². The van der Waals surface area contributed by atoms with Crippen molar-refractivity contribution in [2.24, 2.45) is 0 Å². The topological polar surface area (TPSA) is 86.7 Å². The van der Waals surface area contributed by atoms with Gasteiger partial charge in [0, 0.05) is 0 Å². The molecule has 2 aromatic carbocycles. The first-order chi connectivity index (χ1) is 11.8. The van der Waals surface area contributed by atoms with Crippen LogP contribution < -0.4 is 10.2 Å². The molecule has 25 heavy (non-hydrogen) atoms. The minimum Gasteiger partial charge on any atom is -0.508 e. The molecule has 0 radical (unpaired) electrons. The number of aryl methyl sites for hydroxylation is 2. The molecule has 1 aliphatic rings. The number of hydrogen-bond donors (Lipinski definition) is 2. The predicted molar refractivity (Wildman–Crippen MR) is 93.0 cm³/mol. The third kappa shape index (κ3) is 3.28. The van der Waals surface area contributed by atoms with Gasteiger partial charge in [-0.15, -0.1) is 0 Å². The number of amides is 4. The van der Waals surface area contributed by atoms with Crippen LogP contribution in [0.25, 0.3) is 6.08 Å². The highest BCUT2D eigenvalue weighted by molar-refractivity contribution is 6.39. The fourth-order valence-electron chi connectivity index (χ4n) is 2.71. The highest BCUT2D eigenvalue weighted by Crippen LogP contribution is 2.24. The number of urea groups is 1. The molecule has 0 unspecified atom stereocenters. The maximum Gasteiger partial charge on any atom is 0.335 e. The molecule has 1 fully saturated rings. The van der Waals surface area contributed by atoms with Gasteiger partial charge >= 0.3 is 6.03 Å². The number of carbonyl (C=O) groups excluding carboxylic acids is 3. The number of benzene rings is 2. The molecular formula is C19H16N2O4. The van der Waals surface area contributed by atoms with Gasteiger partial charge in [-0.25, -0.2) is 9.69 Å². The van der Waals surface area contributed by atoms with Crippen LogP contribution in [-0.4, -0.2) is 23.0 Å². The van der Waals surface area contributed by atoms with Crippen molar-refractivity contribution in [1.29, 1.82) is 0 Å². The first-order valence-corrected chi connectivity index (χ1v) is 7.64. The van der Waals surface area contributed by atoms with Gasteiger partial charge in [0.25, 0.3) is 11.8 Å². The van der Waals surface area contributed by atoms with Crippen LogP contribution in [0, 0.1) is 13.8 Å². The Labute approximate surface area is 144 Å². The van der Waals surface area contributed by atoms with Gasteiger partial charge in [-0.3, -0.25) is 14.9 Å². The van der Waals surface area contributed by atoms with Crippen molar-refractivity contribution in [3.05, 3.63) is 64.7 Å². The average molecular weight is 336 g/mol. The van der Waals surface area contributed by atoms with Crippen molar-refractivity contribution in [2.75, 3.05) is 4.90 Å². The number of imide groups is 2. The van der Waals surface area contributed by atoms with E-state index >= 15 is 0 Å². The van der Waals surface area contributed by atoms with Crippen molar-refractivity contribution >= 4 is 29.6 Å². The summed E-state index contributed by atoms with van der Waals surface area (Å²) in [6.45, 7) is 3.72. The lowest BCUT2D eigenvalue weighted by Crippen LogP contribution is -2.54. The maximum absolute atomic E-state index is 12.8. The summed E-state index contributed by atoms with van der Waals surface area (Å²) in [6, 6.07) is 10.6. The van der Waals surface area contributed by atoms with E-state index in [0.717, 1.165) is 16.0 Å². The van der Waals surface area contributed by atoms with Gasteiger partial charge in [0.1, 0.15) is 11.3 Å². The van der Waals surface area contributed by atoms with Gasteiger partial charge in [0.15, 0.2) is 0 Å². The summed E-state index contributed by atoms with van der Waals surface area (Å²) in [5, 5.41) is 11.5. The first kappa shape index (κ1) is 16.4. The van der Waals surface area contributed by atoms with Gasteiger partial charge in [0.05, 0.1) is 5.69 Å². The first-order valence-electron chi connectivity index (χ1n) is 7.64. The lowest BCUT2D eigenvalue weighted by molar-refractivity contribution is -0.122. The summed E-state index contributed by atoms with van der Waals surface area (Å²) in [4.78, 5) is 38.0. The molecule has 3 rings (SSSR count). The molecule has 0 aliphatic carbocycles. The van der Waals surface area contributed by atoms with E-state index in [9.17, 15) is 19.5 Å². The highest BCUT2D eigenvalue weighted by atomic mass is 16.3. The molecule has 6 nitrogen and oxygen atoms in total. The van der Waals surface area contributed by atoms with E-state index in [-0.39, 0.29) is 11.3 Å². The molecule has 4 amide bonds. The van der Waals surface area contributed by atoms with Crippen molar-refractivity contribution in [3.63, 3.8) is 0 Å². The van der Waals surface area contributed by atoms with E-state index in [4.69, 9.17) is 0 Å². The number of rotatable bonds is 2. The molecule has 2 N–H and O–H groups in total. The van der Waals surface area contributed by atoms with E-state index in [1.165, 1.54) is 18.2 Å². The normalized spacial score (nSPS) is 16.3. The maximum atomic E-state index is 12.8. The summed E-state index contributed by atoms with van der Waals surface area (Å²) in [5.41, 5.74) is 2.62. The van der Waals surface area contributed by atoms with Crippen LogP contribution >= 0.6 is 0 Å². The monoisotopic (exact) mass is 336 g/mol.